The quantitative estimate of drug-likeness (QED) is 0.0320. The molecule has 0 atom stereocenters. The minimum absolute atomic E-state index is 0.263. The van der Waals surface area contributed by atoms with Crippen LogP contribution in [-0.4, -0.2) is 50.3 Å². The maximum atomic E-state index is 14.3. The highest BCUT2D eigenvalue weighted by Gasteiger charge is 2.49. The lowest BCUT2D eigenvalue weighted by molar-refractivity contribution is -0.163. The molecule has 0 saturated carbocycles. The van der Waals surface area contributed by atoms with E-state index in [1.54, 1.807) is 0 Å². The standard InChI is InChI=1S/C40H40F6O10/c1-3-33(47)53-25-11-7-5-9-23-51-29-17-13-27(14-18-29)37(49)55-31-21-22-32(36(40(44,45)46)35(31)39(41,42)43)56-38(50)28-15-19-30(20-16-28)52-24-10-6-8-12-26-54-34(48)4-2/h3-4,13-22H,1-2,5-12,23-26H2. The van der Waals surface area contributed by atoms with Crippen LogP contribution >= 0.6 is 0 Å². The van der Waals surface area contributed by atoms with Gasteiger partial charge in [0, 0.05) is 12.2 Å². The van der Waals surface area contributed by atoms with E-state index in [-0.39, 0.29) is 24.3 Å². The molecular formula is C40H40F6O10. The van der Waals surface area contributed by atoms with Crippen molar-refractivity contribution in [1.29, 1.82) is 0 Å². The molecule has 0 spiro atoms. The molecule has 0 unspecified atom stereocenters. The second kappa shape index (κ2) is 21.9. The molecule has 0 aliphatic rings. The molecule has 0 amide bonds. The predicted molar refractivity (Wildman–Crippen MR) is 189 cm³/mol. The van der Waals surface area contributed by atoms with Crippen LogP contribution in [0.4, 0.5) is 26.3 Å². The molecule has 0 aliphatic carbocycles. The summed E-state index contributed by atoms with van der Waals surface area (Å²) in [5.74, 6) is -6.04. The fourth-order valence-corrected chi connectivity index (χ4v) is 4.95. The Kier molecular flexibility index (Phi) is 17.5. The van der Waals surface area contributed by atoms with Crippen LogP contribution in [0.15, 0.2) is 86.0 Å². The van der Waals surface area contributed by atoms with Gasteiger partial charge in [0.15, 0.2) is 0 Å². The molecule has 0 aliphatic heterocycles. The summed E-state index contributed by atoms with van der Waals surface area (Å²) >= 11 is 0. The van der Waals surface area contributed by atoms with Crippen molar-refractivity contribution in [3.8, 4) is 23.0 Å². The van der Waals surface area contributed by atoms with E-state index in [9.17, 15) is 45.5 Å². The van der Waals surface area contributed by atoms with E-state index in [0.717, 1.165) is 37.8 Å². The summed E-state index contributed by atoms with van der Waals surface area (Å²) in [6.07, 6.45) is -3.59. The first kappa shape index (κ1) is 44.6. The zero-order chi connectivity index (χ0) is 41.1. The number of rotatable bonds is 22. The zero-order valence-electron chi connectivity index (χ0n) is 30.2. The molecule has 0 bridgehead atoms. The summed E-state index contributed by atoms with van der Waals surface area (Å²) in [5.41, 5.74) is -5.27. The number of ether oxygens (including phenoxy) is 6. The number of unbranched alkanes of at least 4 members (excludes halogenated alkanes) is 6. The van der Waals surface area contributed by atoms with Crippen LogP contribution in [0, 0.1) is 0 Å². The van der Waals surface area contributed by atoms with Gasteiger partial charge in [-0.1, -0.05) is 13.2 Å². The first-order valence-electron chi connectivity index (χ1n) is 17.4. The highest BCUT2D eigenvalue weighted by Crippen LogP contribution is 2.49. The zero-order valence-corrected chi connectivity index (χ0v) is 30.2. The van der Waals surface area contributed by atoms with Crippen molar-refractivity contribution in [1.82, 2.24) is 0 Å². The molecule has 0 aromatic heterocycles. The summed E-state index contributed by atoms with van der Waals surface area (Å²) in [4.78, 5) is 47.6. The number of halogens is 6. The van der Waals surface area contributed by atoms with Crippen LogP contribution in [0.25, 0.3) is 0 Å². The molecule has 10 nitrogen and oxygen atoms in total. The van der Waals surface area contributed by atoms with Crippen molar-refractivity contribution in [2.75, 3.05) is 26.4 Å². The third kappa shape index (κ3) is 14.8. The van der Waals surface area contributed by atoms with Crippen molar-refractivity contribution in [2.45, 2.75) is 63.7 Å². The van der Waals surface area contributed by atoms with Crippen LogP contribution < -0.4 is 18.9 Å². The summed E-state index contributed by atoms with van der Waals surface area (Å²) in [6, 6.07) is 11.0. The molecule has 56 heavy (non-hydrogen) atoms. The number of hydrogen-bond acceptors (Lipinski definition) is 10. The van der Waals surface area contributed by atoms with E-state index in [1.165, 1.54) is 48.5 Å². The number of alkyl halides is 6. The Bertz CT molecular complexity index is 1650. The summed E-state index contributed by atoms with van der Waals surface area (Å²) in [6.45, 7) is 7.72. The highest BCUT2D eigenvalue weighted by molar-refractivity contribution is 5.92. The van der Waals surface area contributed by atoms with Gasteiger partial charge < -0.3 is 28.4 Å². The molecule has 0 heterocycles. The minimum Gasteiger partial charge on any atom is -0.494 e. The first-order chi connectivity index (χ1) is 26.6. The van der Waals surface area contributed by atoms with E-state index < -0.39 is 58.9 Å². The topological polar surface area (TPSA) is 124 Å². The van der Waals surface area contributed by atoms with Crippen LogP contribution in [-0.2, 0) is 31.4 Å². The Morgan fingerprint density at radius 2 is 0.804 bits per heavy atom. The van der Waals surface area contributed by atoms with E-state index in [1.807, 2.05) is 0 Å². The van der Waals surface area contributed by atoms with Crippen molar-refractivity contribution in [2.24, 2.45) is 0 Å². The van der Waals surface area contributed by atoms with E-state index in [2.05, 4.69) is 13.2 Å². The SMILES string of the molecule is C=CC(=O)OCCCCCCOc1ccc(C(=O)Oc2ccc(OC(=O)c3ccc(OCCCCCCOC(=O)C=C)cc3)c(C(F)(F)F)c2C(F)(F)F)cc1. The Morgan fingerprint density at radius 3 is 1.11 bits per heavy atom. The fraction of sp³-hybridized carbons (Fsp3) is 0.350. The summed E-state index contributed by atoms with van der Waals surface area (Å²) < 4.78 is 116. The van der Waals surface area contributed by atoms with Crippen LogP contribution in [0.3, 0.4) is 0 Å². The Balaban J connectivity index is 1.61. The molecule has 0 radical (unpaired) electrons. The van der Waals surface area contributed by atoms with Gasteiger partial charge in [0.25, 0.3) is 0 Å². The number of benzene rings is 3. The van der Waals surface area contributed by atoms with Gasteiger partial charge in [0.2, 0.25) is 0 Å². The molecule has 3 aromatic rings. The van der Waals surface area contributed by atoms with Gasteiger partial charge in [-0.3, -0.25) is 0 Å². The van der Waals surface area contributed by atoms with Crippen LogP contribution in [0.2, 0.25) is 0 Å². The van der Waals surface area contributed by atoms with Crippen molar-refractivity contribution >= 4 is 23.9 Å². The van der Waals surface area contributed by atoms with Crippen molar-refractivity contribution in [3.63, 3.8) is 0 Å². The maximum Gasteiger partial charge on any atom is 0.420 e. The van der Waals surface area contributed by atoms with Crippen molar-refractivity contribution < 1.29 is 73.9 Å². The molecule has 302 valence electrons. The molecule has 3 rings (SSSR count). The lowest BCUT2D eigenvalue weighted by Crippen LogP contribution is -2.22. The summed E-state index contributed by atoms with van der Waals surface area (Å²) in [7, 11) is 0. The van der Waals surface area contributed by atoms with Crippen LogP contribution in [0.1, 0.15) is 83.2 Å². The largest absolute Gasteiger partial charge is 0.494 e. The van der Waals surface area contributed by atoms with Gasteiger partial charge in [0.05, 0.1) is 37.6 Å². The van der Waals surface area contributed by atoms with E-state index >= 15 is 0 Å². The average molecular weight is 795 g/mol. The summed E-state index contributed by atoms with van der Waals surface area (Å²) in [5, 5.41) is 0. The third-order valence-corrected chi connectivity index (χ3v) is 7.72. The second-order valence-corrected chi connectivity index (χ2v) is 11.9. The number of carbonyl (C=O) groups excluding carboxylic acids is 4. The number of hydrogen-bond donors (Lipinski definition) is 0. The molecule has 16 heteroatoms. The third-order valence-electron chi connectivity index (χ3n) is 7.72. The second-order valence-electron chi connectivity index (χ2n) is 11.9. The first-order valence-corrected chi connectivity index (χ1v) is 17.4. The van der Waals surface area contributed by atoms with Gasteiger partial charge >= 0.3 is 36.2 Å². The molecule has 0 N–H and O–H groups in total. The predicted octanol–water partition coefficient (Wildman–Crippen LogP) is 9.50. The van der Waals surface area contributed by atoms with Gasteiger partial charge in [-0.15, -0.1) is 0 Å². The lowest BCUT2D eigenvalue weighted by Gasteiger charge is -2.21. The number of carbonyl (C=O) groups is 4. The van der Waals surface area contributed by atoms with Gasteiger partial charge in [-0.2, -0.15) is 26.3 Å². The van der Waals surface area contributed by atoms with E-state index in [0.29, 0.717) is 62.5 Å². The lowest BCUT2D eigenvalue weighted by atomic mass is 10.0. The Hall–Kier alpha value is -5.80. The smallest absolute Gasteiger partial charge is 0.420 e. The molecular weight excluding hydrogens is 754 g/mol. The van der Waals surface area contributed by atoms with Crippen LogP contribution in [0.5, 0.6) is 23.0 Å². The monoisotopic (exact) mass is 794 g/mol. The van der Waals surface area contributed by atoms with Gasteiger partial charge in [-0.05, 0) is 112 Å². The Morgan fingerprint density at radius 1 is 0.482 bits per heavy atom. The normalized spacial score (nSPS) is 11.2. The number of esters is 4. The van der Waals surface area contributed by atoms with Gasteiger partial charge in [0.1, 0.15) is 34.1 Å². The highest BCUT2D eigenvalue weighted by atomic mass is 19.4. The molecule has 0 saturated heterocycles. The maximum absolute atomic E-state index is 14.3. The molecule has 0 fully saturated rings. The minimum atomic E-state index is -5.70. The van der Waals surface area contributed by atoms with Gasteiger partial charge in [-0.25, -0.2) is 19.2 Å². The van der Waals surface area contributed by atoms with E-state index in [4.69, 9.17) is 28.4 Å². The fourth-order valence-electron chi connectivity index (χ4n) is 4.95. The van der Waals surface area contributed by atoms with Crippen molar-refractivity contribution in [3.05, 3.63) is 108 Å². The Labute approximate surface area is 319 Å². The average Bonchev–Trinajstić information content (AvgIpc) is 3.16. The molecule has 3 aromatic carbocycles.